The summed E-state index contributed by atoms with van der Waals surface area (Å²) in [4.78, 5) is 12.3. The number of rotatable bonds is 6. The van der Waals surface area contributed by atoms with Gasteiger partial charge in [-0.05, 0) is 56.4 Å². The van der Waals surface area contributed by atoms with Gasteiger partial charge in [0.1, 0.15) is 6.61 Å². The van der Waals surface area contributed by atoms with Crippen molar-refractivity contribution in [2.45, 2.75) is 51.8 Å². The Kier molecular flexibility index (Phi) is 6.31. The fourth-order valence-corrected chi connectivity index (χ4v) is 3.41. The maximum absolute atomic E-state index is 13.4. The third kappa shape index (κ3) is 5.34. The zero-order chi connectivity index (χ0) is 24.6. The number of amides is 1. The third-order valence-corrected chi connectivity index (χ3v) is 5.98. The average molecular weight is 473 g/mol. The van der Waals surface area contributed by atoms with E-state index in [0.717, 1.165) is 5.56 Å². The van der Waals surface area contributed by atoms with Gasteiger partial charge < -0.3 is 28.8 Å². The van der Waals surface area contributed by atoms with E-state index in [1.54, 1.807) is 12.1 Å². The second-order valence-electron chi connectivity index (χ2n) is 9.10. The fraction of sp³-hybridized carbons (Fsp3) is 0.375. The monoisotopic (exact) mass is 473 g/mol. The topological polar surface area (TPSA) is 75.2 Å². The average Bonchev–Trinajstić information content (AvgIpc) is 3.19. The minimum atomic E-state index is -3.71. The first-order valence-corrected chi connectivity index (χ1v) is 10.8. The smallest absolute Gasteiger partial charge is 0.445 e. The number of carbonyl (C=O) groups is 1. The molecule has 1 saturated heterocycles. The molecule has 4 rings (SSSR count). The summed E-state index contributed by atoms with van der Waals surface area (Å²) in [5.74, 6) is -0.135. The van der Waals surface area contributed by atoms with Crippen molar-refractivity contribution < 1.29 is 37.1 Å². The normalized spacial score (nSPS) is 19.7. The van der Waals surface area contributed by atoms with Gasteiger partial charge in [0.25, 0.3) is 0 Å². The van der Waals surface area contributed by atoms with Crippen LogP contribution in [-0.2, 0) is 20.7 Å². The van der Waals surface area contributed by atoms with Crippen molar-refractivity contribution in [2.75, 3.05) is 6.54 Å². The molecule has 0 radical (unpaired) electrons. The number of alkyl carbamates (subject to hydrolysis) is 1. The van der Waals surface area contributed by atoms with Crippen LogP contribution in [0.2, 0.25) is 0 Å². The summed E-state index contributed by atoms with van der Waals surface area (Å²) in [7, 11) is -0.772. The van der Waals surface area contributed by atoms with E-state index < -0.39 is 30.7 Å². The zero-order valence-electron chi connectivity index (χ0n) is 19.4. The van der Waals surface area contributed by atoms with E-state index in [0.29, 0.717) is 11.0 Å². The summed E-state index contributed by atoms with van der Waals surface area (Å²) in [5.41, 5.74) is 0.755. The lowest BCUT2D eigenvalue weighted by Crippen LogP contribution is -2.41. The van der Waals surface area contributed by atoms with Crippen molar-refractivity contribution >= 4 is 19.3 Å². The molecular weight excluding hydrogens is 447 g/mol. The quantitative estimate of drug-likeness (QED) is 0.599. The molecule has 2 aliphatic rings. The lowest BCUT2D eigenvalue weighted by molar-refractivity contribution is -0.286. The number of ether oxygens (including phenoxy) is 3. The third-order valence-electron chi connectivity index (χ3n) is 5.98. The van der Waals surface area contributed by atoms with Crippen molar-refractivity contribution in [3.05, 3.63) is 65.1 Å². The van der Waals surface area contributed by atoms with Crippen LogP contribution in [0.25, 0.3) is 6.08 Å². The number of carbonyl (C=O) groups excluding carboxylic acids is 1. The molecule has 2 heterocycles. The van der Waals surface area contributed by atoms with Crippen molar-refractivity contribution in [3.63, 3.8) is 0 Å². The largest absolute Gasteiger partial charge is 0.586 e. The van der Waals surface area contributed by atoms with Crippen LogP contribution in [0.5, 0.6) is 11.5 Å². The fourth-order valence-electron chi connectivity index (χ4n) is 3.41. The summed E-state index contributed by atoms with van der Waals surface area (Å²) in [6, 6.07) is 13.7. The van der Waals surface area contributed by atoms with Gasteiger partial charge in [-0.2, -0.15) is 0 Å². The number of fused-ring (bicyclic) bond motifs is 1. The van der Waals surface area contributed by atoms with Crippen LogP contribution < -0.4 is 14.8 Å². The van der Waals surface area contributed by atoms with Crippen LogP contribution in [-0.4, -0.2) is 37.3 Å². The van der Waals surface area contributed by atoms with Gasteiger partial charge in [-0.3, -0.25) is 0 Å². The van der Waals surface area contributed by atoms with Crippen molar-refractivity contribution in [3.8, 4) is 11.5 Å². The van der Waals surface area contributed by atoms with Crippen LogP contribution in [0, 0.1) is 0 Å². The lowest BCUT2D eigenvalue weighted by atomic mass is 9.77. The van der Waals surface area contributed by atoms with Crippen LogP contribution >= 0.6 is 0 Å². The van der Waals surface area contributed by atoms with Crippen LogP contribution in [0.15, 0.2) is 54.0 Å². The maximum atomic E-state index is 13.4. The first kappa shape index (κ1) is 24.0. The molecule has 0 spiro atoms. The molecule has 2 aromatic carbocycles. The van der Waals surface area contributed by atoms with E-state index in [4.69, 9.17) is 14.0 Å². The number of hydrogen-bond acceptors (Lipinski definition) is 6. The first-order valence-electron chi connectivity index (χ1n) is 10.8. The number of hydrogen-bond donors (Lipinski definition) is 1. The number of halogens is 2. The van der Waals surface area contributed by atoms with Gasteiger partial charge >= 0.3 is 19.5 Å². The molecule has 10 heteroatoms. The standard InChI is InChI=1S/C24H26BF2NO6/c1-22(2)23(3,4)34-25(33-22)18(14-28-21(29)30-15-16-8-6-5-7-9-16)12-17-10-11-19-20(13-17)32-24(26,27)31-19/h5-13H,14-15H2,1-4H3,(H,28,29). The molecule has 1 N–H and O–H groups in total. The van der Waals surface area contributed by atoms with Gasteiger partial charge in [-0.15, -0.1) is 8.78 Å². The van der Waals surface area contributed by atoms with Crippen LogP contribution in [0.4, 0.5) is 13.6 Å². The molecule has 34 heavy (non-hydrogen) atoms. The van der Waals surface area contributed by atoms with Gasteiger partial charge in [0.15, 0.2) is 11.5 Å². The van der Waals surface area contributed by atoms with Gasteiger partial charge in [0.2, 0.25) is 0 Å². The molecule has 7 nitrogen and oxygen atoms in total. The zero-order valence-corrected chi connectivity index (χ0v) is 19.4. The minimum absolute atomic E-state index is 0.0506. The van der Waals surface area contributed by atoms with Gasteiger partial charge in [0.05, 0.1) is 11.2 Å². The molecule has 0 bridgehead atoms. The second kappa shape index (κ2) is 8.92. The highest BCUT2D eigenvalue weighted by Gasteiger charge is 2.52. The molecule has 1 amide bonds. The Balaban J connectivity index is 1.50. The highest BCUT2D eigenvalue weighted by Crippen LogP contribution is 2.42. The Morgan fingerprint density at radius 1 is 1.00 bits per heavy atom. The van der Waals surface area contributed by atoms with E-state index >= 15 is 0 Å². The molecule has 0 saturated carbocycles. The van der Waals surface area contributed by atoms with Crippen molar-refractivity contribution in [1.82, 2.24) is 5.32 Å². The molecule has 0 aromatic heterocycles. The molecule has 0 unspecified atom stereocenters. The minimum Gasteiger partial charge on any atom is -0.445 e. The number of alkyl halides is 2. The Bertz CT molecular complexity index is 1070. The highest BCUT2D eigenvalue weighted by atomic mass is 19.3. The number of benzene rings is 2. The van der Waals surface area contributed by atoms with E-state index in [1.165, 1.54) is 12.1 Å². The van der Waals surface area contributed by atoms with Crippen LogP contribution in [0.3, 0.4) is 0 Å². The van der Waals surface area contributed by atoms with Gasteiger partial charge in [-0.1, -0.05) is 42.5 Å². The predicted molar refractivity (Wildman–Crippen MR) is 121 cm³/mol. The van der Waals surface area contributed by atoms with Crippen LogP contribution in [0.1, 0.15) is 38.8 Å². The first-order chi connectivity index (χ1) is 15.9. The Hall–Kier alpha value is -3.11. The second-order valence-corrected chi connectivity index (χ2v) is 9.10. The molecule has 0 atom stereocenters. The van der Waals surface area contributed by atoms with Crippen molar-refractivity contribution in [2.24, 2.45) is 0 Å². The van der Waals surface area contributed by atoms with E-state index in [1.807, 2.05) is 58.0 Å². The number of nitrogens with one attached hydrogen (secondary N) is 1. The molecule has 0 aliphatic carbocycles. The highest BCUT2D eigenvalue weighted by molar-refractivity contribution is 6.56. The molecule has 2 aromatic rings. The molecule has 180 valence electrons. The SMILES string of the molecule is CC1(C)OB(C(=Cc2ccc3c(c2)OC(F)(F)O3)CNC(=O)OCc2ccccc2)OC1(C)C. The van der Waals surface area contributed by atoms with E-state index in [-0.39, 0.29) is 24.7 Å². The van der Waals surface area contributed by atoms with Crippen molar-refractivity contribution in [1.29, 1.82) is 0 Å². The Morgan fingerprint density at radius 3 is 2.32 bits per heavy atom. The molecular formula is C24H26BF2NO6. The van der Waals surface area contributed by atoms with E-state index in [2.05, 4.69) is 14.8 Å². The van der Waals surface area contributed by atoms with Gasteiger partial charge in [-0.25, -0.2) is 4.79 Å². The lowest BCUT2D eigenvalue weighted by Gasteiger charge is -2.32. The summed E-state index contributed by atoms with van der Waals surface area (Å²) >= 11 is 0. The Labute approximate surface area is 197 Å². The summed E-state index contributed by atoms with van der Waals surface area (Å²) < 4.78 is 53.3. The molecule has 2 aliphatic heterocycles. The summed E-state index contributed by atoms with van der Waals surface area (Å²) in [6.07, 6.45) is -2.63. The van der Waals surface area contributed by atoms with E-state index in [9.17, 15) is 13.6 Å². The maximum Gasteiger partial charge on any atom is 0.586 e. The Morgan fingerprint density at radius 2 is 1.65 bits per heavy atom. The predicted octanol–water partition coefficient (Wildman–Crippen LogP) is 4.95. The molecule has 1 fully saturated rings. The summed E-state index contributed by atoms with van der Waals surface area (Å²) in [6.45, 7) is 7.82. The summed E-state index contributed by atoms with van der Waals surface area (Å²) in [5, 5.41) is 2.70. The van der Waals surface area contributed by atoms with Gasteiger partial charge in [0, 0.05) is 6.54 Å².